The Kier molecular flexibility index (Phi) is 4.92. The first kappa shape index (κ1) is 18.1. The second-order valence-corrected chi connectivity index (χ2v) is 7.58. The molecular formula is C18H15ClF2N4OS. The Balaban J connectivity index is 1.63. The number of aromatic nitrogens is 2. The number of aromatic amines is 1. The van der Waals surface area contributed by atoms with E-state index in [4.69, 9.17) is 16.3 Å². The summed E-state index contributed by atoms with van der Waals surface area (Å²) >= 11 is 7.63. The van der Waals surface area contributed by atoms with Crippen molar-refractivity contribution in [1.82, 2.24) is 9.97 Å². The van der Waals surface area contributed by atoms with Gasteiger partial charge < -0.3 is 15.0 Å². The highest BCUT2D eigenvalue weighted by molar-refractivity contribution is 8.14. The van der Waals surface area contributed by atoms with Crippen molar-refractivity contribution >= 4 is 45.3 Å². The van der Waals surface area contributed by atoms with Crippen LogP contribution < -0.4 is 10.1 Å². The zero-order valence-corrected chi connectivity index (χ0v) is 15.8. The molecule has 0 saturated carbocycles. The molecule has 0 aliphatic carbocycles. The number of nitrogens with zero attached hydrogens (tertiary/aromatic N) is 2. The van der Waals surface area contributed by atoms with Crippen LogP contribution in [0.3, 0.4) is 0 Å². The largest absolute Gasteiger partial charge is 0.450 e. The lowest BCUT2D eigenvalue weighted by Gasteiger charge is -2.18. The summed E-state index contributed by atoms with van der Waals surface area (Å²) in [4.78, 5) is 11.4. The Morgan fingerprint density at radius 3 is 2.85 bits per heavy atom. The summed E-state index contributed by atoms with van der Waals surface area (Å²) in [6.07, 6.45) is 3.98. The maximum atomic E-state index is 14.5. The minimum absolute atomic E-state index is 0.186. The van der Waals surface area contributed by atoms with Gasteiger partial charge in [0.1, 0.15) is 11.4 Å². The minimum Gasteiger partial charge on any atom is -0.450 e. The number of thioether (sulfide) groups is 1. The average Bonchev–Trinajstić information content (AvgIpc) is 3.00. The number of nitrogens with one attached hydrogen (secondary N) is 2. The zero-order valence-electron chi connectivity index (χ0n) is 14.2. The van der Waals surface area contributed by atoms with Gasteiger partial charge >= 0.3 is 0 Å². The van der Waals surface area contributed by atoms with Crippen LogP contribution in [0, 0.1) is 11.6 Å². The summed E-state index contributed by atoms with van der Waals surface area (Å²) in [6.45, 7) is 2.00. The molecule has 9 heteroatoms. The monoisotopic (exact) mass is 408 g/mol. The van der Waals surface area contributed by atoms with Crippen molar-refractivity contribution in [3.8, 4) is 11.5 Å². The fourth-order valence-corrected chi connectivity index (χ4v) is 4.07. The van der Waals surface area contributed by atoms with Crippen LogP contribution in [0.1, 0.15) is 13.3 Å². The molecule has 0 saturated heterocycles. The predicted molar refractivity (Wildman–Crippen MR) is 105 cm³/mol. The Hall–Kier alpha value is -2.32. The molecule has 3 heterocycles. The number of hydrogen-bond acceptors (Lipinski definition) is 5. The highest BCUT2D eigenvalue weighted by atomic mass is 35.5. The molecule has 0 bridgehead atoms. The number of anilines is 1. The van der Waals surface area contributed by atoms with E-state index < -0.39 is 17.4 Å². The molecule has 3 aromatic rings. The molecule has 1 aliphatic rings. The Bertz CT molecular complexity index is 1020. The van der Waals surface area contributed by atoms with Gasteiger partial charge in [-0.15, -0.1) is 0 Å². The van der Waals surface area contributed by atoms with E-state index in [0.29, 0.717) is 21.2 Å². The highest BCUT2D eigenvalue weighted by Gasteiger charge is 2.18. The highest BCUT2D eigenvalue weighted by Crippen LogP contribution is 2.36. The van der Waals surface area contributed by atoms with E-state index in [1.54, 1.807) is 0 Å². The number of rotatable bonds is 3. The number of fused-ring (bicyclic) bond motifs is 1. The fourth-order valence-electron chi connectivity index (χ4n) is 2.73. The standard InChI is InChI=1S/C18H15ClF2N4OS/c1-9-3-5-27-18(24-9)25-10-6-12(20)16(13(21)7-10)26-14-2-4-22-17-15(14)11(19)8-23-17/h2,4,6-9H,3,5H2,1H3,(H,22,23)(H,24,25). The summed E-state index contributed by atoms with van der Waals surface area (Å²) in [7, 11) is 0. The summed E-state index contributed by atoms with van der Waals surface area (Å²) in [5.74, 6) is -1.04. The summed E-state index contributed by atoms with van der Waals surface area (Å²) in [6, 6.07) is 4.05. The number of amidine groups is 1. The number of pyridine rings is 1. The van der Waals surface area contributed by atoms with Gasteiger partial charge in [0.2, 0.25) is 0 Å². The number of halogens is 3. The van der Waals surface area contributed by atoms with Gasteiger partial charge in [-0.1, -0.05) is 23.4 Å². The molecule has 140 valence electrons. The van der Waals surface area contributed by atoms with Crippen molar-refractivity contribution in [3.05, 3.63) is 47.2 Å². The summed E-state index contributed by atoms with van der Waals surface area (Å²) in [5.41, 5.74) is 0.746. The van der Waals surface area contributed by atoms with Crippen LogP contribution >= 0.6 is 23.4 Å². The molecule has 1 aliphatic heterocycles. The van der Waals surface area contributed by atoms with Gasteiger partial charge in [0, 0.05) is 36.0 Å². The number of ether oxygens (including phenoxy) is 1. The van der Waals surface area contributed by atoms with Gasteiger partial charge in [-0.2, -0.15) is 0 Å². The summed E-state index contributed by atoms with van der Waals surface area (Å²) < 4.78 is 34.6. The predicted octanol–water partition coefficient (Wildman–Crippen LogP) is 5.58. The first-order chi connectivity index (χ1) is 13.0. The van der Waals surface area contributed by atoms with E-state index in [-0.39, 0.29) is 17.5 Å². The normalized spacial score (nSPS) is 17.0. The van der Waals surface area contributed by atoms with E-state index in [9.17, 15) is 8.78 Å². The maximum absolute atomic E-state index is 14.5. The SMILES string of the molecule is CC1CCSC(Nc2cc(F)c(Oc3ccnc4[nH]cc(Cl)c34)c(F)c2)=N1. The lowest BCUT2D eigenvalue weighted by Crippen LogP contribution is -2.18. The van der Waals surface area contributed by atoms with Crippen LogP contribution in [0.2, 0.25) is 5.02 Å². The molecule has 5 nitrogen and oxygen atoms in total. The maximum Gasteiger partial charge on any atom is 0.198 e. The van der Waals surface area contributed by atoms with E-state index in [0.717, 1.165) is 12.2 Å². The molecule has 0 radical (unpaired) electrons. The third-order valence-electron chi connectivity index (χ3n) is 4.06. The first-order valence-electron chi connectivity index (χ1n) is 8.27. The average molecular weight is 409 g/mol. The molecule has 1 atom stereocenters. The summed E-state index contributed by atoms with van der Waals surface area (Å²) in [5, 5.41) is 4.42. The second kappa shape index (κ2) is 7.36. The van der Waals surface area contributed by atoms with Gasteiger partial charge in [0.15, 0.2) is 22.6 Å². The smallest absolute Gasteiger partial charge is 0.198 e. The van der Waals surface area contributed by atoms with E-state index >= 15 is 0 Å². The van der Waals surface area contributed by atoms with Crippen molar-refractivity contribution in [2.24, 2.45) is 4.99 Å². The van der Waals surface area contributed by atoms with Gasteiger partial charge in [-0.05, 0) is 19.4 Å². The lowest BCUT2D eigenvalue weighted by molar-refractivity contribution is 0.411. The van der Waals surface area contributed by atoms with Gasteiger partial charge in [0.05, 0.1) is 16.5 Å². The lowest BCUT2D eigenvalue weighted by atomic mass is 10.2. The molecular weight excluding hydrogens is 394 g/mol. The first-order valence-corrected chi connectivity index (χ1v) is 9.63. The molecule has 1 unspecified atom stereocenters. The van der Waals surface area contributed by atoms with Crippen LogP contribution in [-0.2, 0) is 0 Å². The molecule has 4 rings (SSSR count). The van der Waals surface area contributed by atoms with Gasteiger partial charge in [-0.3, -0.25) is 4.99 Å². The van der Waals surface area contributed by atoms with Crippen molar-refractivity contribution in [2.75, 3.05) is 11.1 Å². The van der Waals surface area contributed by atoms with Crippen LogP contribution in [0.4, 0.5) is 14.5 Å². The van der Waals surface area contributed by atoms with Crippen molar-refractivity contribution in [3.63, 3.8) is 0 Å². The topological polar surface area (TPSA) is 62.3 Å². The molecule has 2 N–H and O–H groups in total. The molecule has 0 spiro atoms. The minimum atomic E-state index is -0.830. The molecule has 0 fully saturated rings. The Morgan fingerprint density at radius 1 is 1.33 bits per heavy atom. The van der Waals surface area contributed by atoms with E-state index in [2.05, 4.69) is 20.3 Å². The number of aliphatic imine (C=N–C) groups is 1. The third-order valence-corrected chi connectivity index (χ3v) is 5.28. The van der Waals surface area contributed by atoms with Crippen molar-refractivity contribution in [2.45, 2.75) is 19.4 Å². The Morgan fingerprint density at radius 2 is 2.11 bits per heavy atom. The van der Waals surface area contributed by atoms with Crippen molar-refractivity contribution in [1.29, 1.82) is 0 Å². The van der Waals surface area contributed by atoms with Crippen LogP contribution in [0.15, 0.2) is 35.6 Å². The van der Waals surface area contributed by atoms with Crippen LogP contribution in [0.5, 0.6) is 11.5 Å². The molecule has 0 amide bonds. The Labute approximate surface area is 163 Å². The molecule has 27 heavy (non-hydrogen) atoms. The second-order valence-electron chi connectivity index (χ2n) is 6.09. The van der Waals surface area contributed by atoms with Crippen molar-refractivity contribution < 1.29 is 13.5 Å². The quantitative estimate of drug-likeness (QED) is 0.593. The zero-order chi connectivity index (χ0) is 19.0. The van der Waals surface area contributed by atoms with E-state index in [1.165, 1.54) is 42.4 Å². The van der Waals surface area contributed by atoms with E-state index in [1.807, 2.05) is 6.92 Å². The van der Waals surface area contributed by atoms with Crippen LogP contribution in [0.25, 0.3) is 11.0 Å². The van der Waals surface area contributed by atoms with Gasteiger partial charge in [0.25, 0.3) is 0 Å². The third kappa shape index (κ3) is 3.72. The van der Waals surface area contributed by atoms with Crippen LogP contribution in [-0.4, -0.2) is 26.9 Å². The molecule has 2 aromatic heterocycles. The van der Waals surface area contributed by atoms with Gasteiger partial charge in [-0.25, -0.2) is 13.8 Å². The number of benzene rings is 1. The number of H-pyrrole nitrogens is 1. The molecule has 1 aromatic carbocycles. The fraction of sp³-hybridized carbons (Fsp3) is 0.222. The number of hydrogen-bond donors (Lipinski definition) is 2.